The van der Waals surface area contributed by atoms with Gasteiger partial charge in [-0.2, -0.15) is 0 Å². The van der Waals surface area contributed by atoms with Crippen LogP contribution in [-0.2, 0) is 6.42 Å². The van der Waals surface area contributed by atoms with Gasteiger partial charge >= 0.3 is 0 Å². The molecule has 100 valence electrons. The largest absolute Gasteiger partial charge is 0.508 e. The highest BCUT2D eigenvalue weighted by Crippen LogP contribution is 2.22. The number of hydrogen-bond acceptors (Lipinski definition) is 2. The van der Waals surface area contributed by atoms with E-state index in [1.54, 1.807) is 12.1 Å². The summed E-state index contributed by atoms with van der Waals surface area (Å²) in [6.45, 7) is 3.07. The van der Waals surface area contributed by atoms with Gasteiger partial charge in [0.15, 0.2) is 0 Å². The van der Waals surface area contributed by atoms with E-state index < -0.39 is 0 Å². The molecule has 2 aromatic carbocycles. The second-order valence-corrected chi connectivity index (χ2v) is 5.04. The van der Waals surface area contributed by atoms with Crippen LogP contribution in [0, 0.1) is 6.92 Å². The lowest BCUT2D eigenvalue weighted by atomic mass is 9.91. The minimum Gasteiger partial charge on any atom is -0.508 e. The van der Waals surface area contributed by atoms with Crippen LogP contribution in [0.25, 0.3) is 0 Å². The number of phenols is 1. The second kappa shape index (κ2) is 6.39. The van der Waals surface area contributed by atoms with Gasteiger partial charge in [0.05, 0.1) is 0 Å². The Morgan fingerprint density at radius 3 is 2.47 bits per heavy atom. The third kappa shape index (κ3) is 3.83. The zero-order valence-electron chi connectivity index (χ0n) is 11.6. The summed E-state index contributed by atoms with van der Waals surface area (Å²) in [6.07, 6.45) is 0.977. The molecule has 2 aromatic rings. The molecule has 2 heteroatoms. The Bertz CT molecular complexity index is 519. The zero-order valence-corrected chi connectivity index (χ0v) is 11.6. The van der Waals surface area contributed by atoms with Crippen LogP contribution >= 0.6 is 0 Å². The van der Waals surface area contributed by atoms with Crippen molar-refractivity contribution in [2.75, 3.05) is 13.6 Å². The number of phenolic OH excluding ortho intramolecular Hbond substituents is 1. The molecule has 1 atom stereocenters. The topological polar surface area (TPSA) is 32.3 Å². The summed E-state index contributed by atoms with van der Waals surface area (Å²) in [5.41, 5.74) is 3.91. The summed E-state index contributed by atoms with van der Waals surface area (Å²) in [6, 6.07) is 16.2. The van der Waals surface area contributed by atoms with Crippen LogP contribution in [0.1, 0.15) is 22.6 Å². The molecule has 2 rings (SSSR count). The first-order valence-corrected chi connectivity index (χ1v) is 6.68. The van der Waals surface area contributed by atoms with Crippen molar-refractivity contribution in [1.82, 2.24) is 5.32 Å². The van der Waals surface area contributed by atoms with E-state index in [0.29, 0.717) is 11.7 Å². The smallest absolute Gasteiger partial charge is 0.115 e. The molecule has 0 heterocycles. The van der Waals surface area contributed by atoms with E-state index >= 15 is 0 Å². The molecule has 0 aliphatic rings. The average molecular weight is 255 g/mol. The normalized spacial score (nSPS) is 12.3. The van der Waals surface area contributed by atoms with Gasteiger partial charge in [-0.1, -0.05) is 42.0 Å². The highest BCUT2D eigenvalue weighted by molar-refractivity contribution is 5.30. The maximum absolute atomic E-state index is 9.34. The van der Waals surface area contributed by atoms with Crippen LogP contribution in [0.3, 0.4) is 0 Å². The molecule has 0 bridgehead atoms. The summed E-state index contributed by atoms with van der Waals surface area (Å²) in [4.78, 5) is 0. The van der Waals surface area contributed by atoms with E-state index in [0.717, 1.165) is 13.0 Å². The number of aromatic hydroxyl groups is 1. The standard InChI is InChI=1S/C17H21NO/c1-13-4-3-5-15(10-13)16(12-18-2)11-14-6-8-17(19)9-7-14/h3-10,16,18-19H,11-12H2,1-2H3. The first-order chi connectivity index (χ1) is 9.19. The third-order valence-corrected chi connectivity index (χ3v) is 3.38. The Labute approximate surface area is 115 Å². The number of hydrogen-bond donors (Lipinski definition) is 2. The van der Waals surface area contributed by atoms with Crippen LogP contribution in [0.4, 0.5) is 0 Å². The quantitative estimate of drug-likeness (QED) is 0.859. The first-order valence-electron chi connectivity index (χ1n) is 6.68. The summed E-state index contributed by atoms with van der Waals surface area (Å²) >= 11 is 0. The molecule has 0 spiro atoms. The lowest BCUT2D eigenvalue weighted by Gasteiger charge is -2.18. The molecular weight excluding hydrogens is 234 g/mol. The molecule has 0 saturated carbocycles. The molecule has 0 aromatic heterocycles. The Hall–Kier alpha value is -1.80. The average Bonchev–Trinajstić information content (AvgIpc) is 2.41. The maximum atomic E-state index is 9.34. The van der Waals surface area contributed by atoms with Crippen LogP contribution in [-0.4, -0.2) is 18.7 Å². The molecule has 0 fully saturated rings. The van der Waals surface area contributed by atoms with E-state index in [4.69, 9.17) is 0 Å². The maximum Gasteiger partial charge on any atom is 0.115 e. The van der Waals surface area contributed by atoms with Crippen molar-refractivity contribution in [2.45, 2.75) is 19.3 Å². The van der Waals surface area contributed by atoms with Gasteiger partial charge in [0.25, 0.3) is 0 Å². The molecule has 0 saturated heterocycles. The molecule has 2 nitrogen and oxygen atoms in total. The summed E-state index contributed by atoms with van der Waals surface area (Å²) in [5.74, 6) is 0.777. The van der Waals surface area contributed by atoms with Crippen molar-refractivity contribution in [1.29, 1.82) is 0 Å². The highest BCUT2D eigenvalue weighted by Gasteiger charge is 2.11. The summed E-state index contributed by atoms with van der Waals surface area (Å²) in [5, 5.41) is 12.6. The van der Waals surface area contributed by atoms with Gasteiger partial charge in [0.2, 0.25) is 0 Å². The molecule has 2 N–H and O–H groups in total. The van der Waals surface area contributed by atoms with E-state index in [2.05, 4.69) is 36.5 Å². The fraction of sp³-hybridized carbons (Fsp3) is 0.294. The Morgan fingerprint density at radius 1 is 1.11 bits per heavy atom. The second-order valence-electron chi connectivity index (χ2n) is 5.04. The Kier molecular flexibility index (Phi) is 4.58. The Balaban J connectivity index is 2.18. The van der Waals surface area contributed by atoms with Gasteiger partial charge in [-0.25, -0.2) is 0 Å². The molecular formula is C17H21NO. The zero-order chi connectivity index (χ0) is 13.7. The SMILES string of the molecule is CNCC(Cc1ccc(O)cc1)c1cccc(C)c1. The third-order valence-electron chi connectivity index (χ3n) is 3.38. The van der Waals surface area contributed by atoms with Crippen molar-refractivity contribution in [3.05, 3.63) is 65.2 Å². The van der Waals surface area contributed by atoms with Gasteiger partial charge in [-0.15, -0.1) is 0 Å². The fourth-order valence-corrected chi connectivity index (χ4v) is 2.39. The van der Waals surface area contributed by atoms with Crippen molar-refractivity contribution >= 4 is 0 Å². The molecule has 0 radical (unpaired) electrons. The lowest BCUT2D eigenvalue weighted by Crippen LogP contribution is -2.19. The predicted octanol–water partition coefficient (Wildman–Crippen LogP) is 3.25. The van der Waals surface area contributed by atoms with Crippen LogP contribution in [0.2, 0.25) is 0 Å². The van der Waals surface area contributed by atoms with Gasteiger partial charge in [-0.3, -0.25) is 0 Å². The minimum atomic E-state index is 0.324. The first kappa shape index (κ1) is 13.6. The van der Waals surface area contributed by atoms with Crippen LogP contribution < -0.4 is 5.32 Å². The number of rotatable bonds is 5. The lowest BCUT2D eigenvalue weighted by molar-refractivity contribution is 0.475. The van der Waals surface area contributed by atoms with Crippen LogP contribution in [0.5, 0.6) is 5.75 Å². The van der Waals surface area contributed by atoms with Crippen molar-refractivity contribution in [3.8, 4) is 5.75 Å². The summed E-state index contributed by atoms with van der Waals surface area (Å²) < 4.78 is 0. The predicted molar refractivity (Wildman–Crippen MR) is 79.7 cm³/mol. The molecule has 1 unspecified atom stereocenters. The minimum absolute atomic E-state index is 0.324. The molecule has 19 heavy (non-hydrogen) atoms. The number of benzene rings is 2. The molecule has 0 aliphatic heterocycles. The number of likely N-dealkylation sites (N-methyl/N-ethyl adjacent to an activating group) is 1. The van der Waals surface area contributed by atoms with E-state index in [9.17, 15) is 5.11 Å². The van der Waals surface area contributed by atoms with Crippen molar-refractivity contribution < 1.29 is 5.11 Å². The fourth-order valence-electron chi connectivity index (χ4n) is 2.39. The van der Waals surface area contributed by atoms with Crippen molar-refractivity contribution in [3.63, 3.8) is 0 Å². The Morgan fingerprint density at radius 2 is 1.84 bits per heavy atom. The van der Waals surface area contributed by atoms with Gasteiger partial charge < -0.3 is 10.4 Å². The van der Waals surface area contributed by atoms with Gasteiger partial charge in [-0.05, 0) is 43.7 Å². The number of aryl methyl sites for hydroxylation is 1. The van der Waals surface area contributed by atoms with Crippen molar-refractivity contribution in [2.24, 2.45) is 0 Å². The number of nitrogens with one attached hydrogen (secondary N) is 1. The van der Waals surface area contributed by atoms with E-state index in [1.165, 1.54) is 16.7 Å². The van der Waals surface area contributed by atoms with E-state index in [1.807, 2.05) is 19.2 Å². The monoisotopic (exact) mass is 255 g/mol. The van der Waals surface area contributed by atoms with Crippen LogP contribution in [0.15, 0.2) is 48.5 Å². The van der Waals surface area contributed by atoms with Gasteiger partial charge in [0, 0.05) is 12.5 Å². The summed E-state index contributed by atoms with van der Waals surface area (Å²) in [7, 11) is 1.99. The van der Waals surface area contributed by atoms with E-state index in [-0.39, 0.29) is 0 Å². The highest BCUT2D eigenvalue weighted by atomic mass is 16.3. The van der Waals surface area contributed by atoms with Gasteiger partial charge in [0.1, 0.15) is 5.75 Å². The molecule has 0 amide bonds. The molecule has 0 aliphatic carbocycles.